The van der Waals surface area contributed by atoms with Gasteiger partial charge in [-0.2, -0.15) is 5.10 Å². The molecule has 0 unspecified atom stereocenters. The predicted molar refractivity (Wildman–Crippen MR) is 146 cm³/mol. The first-order chi connectivity index (χ1) is 17.8. The van der Waals surface area contributed by atoms with Crippen molar-refractivity contribution in [2.45, 2.75) is 57.7 Å². The normalized spacial score (nSPS) is 18.3. The maximum absolute atomic E-state index is 13.2. The molecule has 0 bridgehead atoms. The zero-order valence-electron chi connectivity index (χ0n) is 21.3. The van der Waals surface area contributed by atoms with Crippen LogP contribution in [0.5, 0.6) is 0 Å². The van der Waals surface area contributed by atoms with Gasteiger partial charge in [-0.15, -0.1) is 11.3 Å². The molecule has 3 aromatic heterocycles. The maximum atomic E-state index is 13.2. The minimum Gasteiger partial charge on any atom is -0.381 e. The highest BCUT2D eigenvalue weighted by Crippen LogP contribution is 2.30. The number of ether oxygens (including phenoxy) is 1. The lowest BCUT2D eigenvalue weighted by Gasteiger charge is -2.30. The van der Waals surface area contributed by atoms with Crippen LogP contribution < -0.4 is 16.0 Å². The molecule has 11 heteroatoms. The van der Waals surface area contributed by atoms with E-state index in [1.807, 2.05) is 19.1 Å². The Bertz CT molecular complexity index is 1220. The van der Waals surface area contributed by atoms with Gasteiger partial charge < -0.3 is 20.7 Å². The predicted octanol–water partition coefficient (Wildman–Crippen LogP) is 4.78. The molecule has 1 aliphatic carbocycles. The standard InChI is InChI=1S/C26H33ClN6O3S/c1-16-22(11-18(27)12-28-16)29-14-21-8-9-24(37-21)26(35)32-23(10-17-4-6-20(36-3)7-5-17)25(34)31-19-13-30-33(2)15-19/h8-9,11-13,15,17,20,23,29H,4-7,10,14H2,1-3H3,(H,31,34)(H,32,35)/t17?,20?,23-/m0/s1. The lowest BCUT2D eigenvalue weighted by Crippen LogP contribution is -2.45. The van der Waals surface area contributed by atoms with Gasteiger partial charge in [0.25, 0.3) is 5.91 Å². The first-order valence-corrected chi connectivity index (χ1v) is 13.6. The second-order valence-electron chi connectivity index (χ2n) is 9.44. The smallest absolute Gasteiger partial charge is 0.262 e. The van der Waals surface area contributed by atoms with Gasteiger partial charge in [-0.3, -0.25) is 19.3 Å². The number of anilines is 2. The number of thiophene rings is 1. The quantitative estimate of drug-likeness (QED) is 0.339. The lowest BCUT2D eigenvalue weighted by atomic mass is 9.83. The van der Waals surface area contributed by atoms with E-state index in [1.54, 1.807) is 43.5 Å². The first-order valence-electron chi connectivity index (χ1n) is 12.4. The number of hydrogen-bond acceptors (Lipinski definition) is 7. The molecule has 0 radical (unpaired) electrons. The van der Waals surface area contributed by atoms with Crippen LogP contribution in [0, 0.1) is 12.8 Å². The van der Waals surface area contributed by atoms with Gasteiger partial charge >= 0.3 is 0 Å². The zero-order valence-corrected chi connectivity index (χ0v) is 22.9. The molecule has 37 heavy (non-hydrogen) atoms. The van der Waals surface area contributed by atoms with E-state index in [4.69, 9.17) is 16.3 Å². The van der Waals surface area contributed by atoms with E-state index in [9.17, 15) is 9.59 Å². The molecule has 0 saturated heterocycles. The topological polar surface area (TPSA) is 110 Å². The summed E-state index contributed by atoms with van der Waals surface area (Å²) in [6.45, 7) is 2.44. The molecular weight excluding hydrogens is 512 g/mol. The van der Waals surface area contributed by atoms with Gasteiger partial charge in [0.2, 0.25) is 5.91 Å². The summed E-state index contributed by atoms with van der Waals surface area (Å²) >= 11 is 7.45. The van der Waals surface area contributed by atoms with Crippen molar-refractivity contribution < 1.29 is 14.3 Å². The van der Waals surface area contributed by atoms with Crippen molar-refractivity contribution >= 4 is 46.1 Å². The Hall–Kier alpha value is -2.95. The highest BCUT2D eigenvalue weighted by atomic mass is 35.5. The van der Waals surface area contributed by atoms with Crippen molar-refractivity contribution in [2.75, 3.05) is 17.7 Å². The van der Waals surface area contributed by atoms with Gasteiger partial charge in [0, 0.05) is 38.0 Å². The molecule has 3 N–H and O–H groups in total. The Labute approximate surface area is 226 Å². The molecule has 3 aromatic rings. The second-order valence-corrected chi connectivity index (χ2v) is 11.0. The van der Waals surface area contributed by atoms with E-state index in [1.165, 1.54) is 11.3 Å². The summed E-state index contributed by atoms with van der Waals surface area (Å²) < 4.78 is 7.11. The van der Waals surface area contributed by atoms with Crippen LogP contribution in [0.3, 0.4) is 0 Å². The number of nitrogens with zero attached hydrogens (tertiary/aromatic N) is 3. The number of rotatable bonds is 10. The fourth-order valence-corrected chi connectivity index (χ4v) is 5.59. The molecule has 3 heterocycles. The molecular formula is C26H33ClN6O3S. The molecule has 0 aliphatic heterocycles. The SMILES string of the molecule is COC1CCC(C[C@H](NC(=O)c2ccc(CNc3cc(Cl)cnc3C)s2)C(=O)Nc2cnn(C)c2)CC1. The van der Waals surface area contributed by atoms with Crippen LogP contribution in [0.25, 0.3) is 0 Å². The van der Waals surface area contributed by atoms with Gasteiger partial charge in [0.15, 0.2) is 0 Å². The largest absolute Gasteiger partial charge is 0.381 e. The van der Waals surface area contributed by atoms with Crippen LogP contribution in [0.1, 0.15) is 52.3 Å². The molecule has 1 saturated carbocycles. The van der Waals surface area contributed by atoms with Gasteiger partial charge in [-0.25, -0.2) is 0 Å². The number of carbonyl (C=O) groups is 2. The first kappa shape index (κ1) is 27.1. The van der Waals surface area contributed by atoms with Crippen LogP contribution in [0.2, 0.25) is 5.02 Å². The third-order valence-corrected chi connectivity index (χ3v) is 7.97. The Kier molecular flexibility index (Phi) is 9.18. The number of halogens is 1. The zero-order chi connectivity index (χ0) is 26.4. The van der Waals surface area contributed by atoms with E-state index >= 15 is 0 Å². The Morgan fingerprint density at radius 2 is 2.03 bits per heavy atom. The van der Waals surface area contributed by atoms with Gasteiger partial charge in [0.05, 0.1) is 39.3 Å². The van der Waals surface area contributed by atoms with E-state index in [-0.39, 0.29) is 17.9 Å². The van der Waals surface area contributed by atoms with Crippen LogP contribution in [-0.2, 0) is 23.1 Å². The fraction of sp³-hybridized carbons (Fsp3) is 0.462. The monoisotopic (exact) mass is 544 g/mol. The van der Waals surface area contributed by atoms with Crippen molar-refractivity contribution in [1.82, 2.24) is 20.1 Å². The Morgan fingerprint density at radius 3 is 2.73 bits per heavy atom. The summed E-state index contributed by atoms with van der Waals surface area (Å²) in [5, 5.41) is 13.9. The number of amides is 2. The third kappa shape index (κ3) is 7.53. The van der Waals surface area contributed by atoms with Gasteiger partial charge in [-0.1, -0.05) is 11.6 Å². The lowest BCUT2D eigenvalue weighted by molar-refractivity contribution is -0.118. The van der Waals surface area contributed by atoms with Crippen molar-refractivity contribution in [3.8, 4) is 0 Å². The van der Waals surface area contributed by atoms with Gasteiger partial charge in [-0.05, 0) is 63.1 Å². The number of hydrogen-bond donors (Lipinski definition) is 3. The molecule has 2 amide bonds. The summed E-state index contributed by atoms with van der Waals surface area (Å²) in [6, 6.07) is 4.88. The summed E-state index contributed by atoms with van der Waals surface area (Å²) in [5.41, 5.74) is 2.30. The molecule has 1 fully saturated rings. The number of nitrogens with one attached hydrogen (secondary N) is 3. The third-order valence-electron chi connectivity index (χ3n) is 6.68. The van der Waals surface area contributed by atoms with E-state index in [2.05, 4.69) is 26.0 Å². The number of aryl methyl sites for hydroxylation is 2. The average Bonchev–Trinajstić information content (AvgIpc) is 3.53. The van der Waals surface area contributed by atoms with E-state index in [0.717, 1.165) is 41.9 Å². The molecule has 1 aliphatic rings. The van der Waals surface area contributed by atoms with Crippen LogP contribution >= 0.6 is 22.9 Å². The Balaban J connectivity index is 1.40. The summed E-state index contributed by atoms with van der Waals surface area (Å²) in [4.78, 5) is 32.2. The molecule has 198 valence electrons. The van der Waals surface area contributed by atoms with Crippen LogP contribution in [0.4, 0.5) is 11.4 Å². The van der Waals surface area contributed by atoms with Crippen molar-refractivity contribution in [2.24, 2.45) is 13.0 Å². The number of aromatic nitrogens is 3. The highest BCUT2D eigenvalue weighted by Gasteiger charge is 2.29. The second kappa shape index (κ2) is 12.5. The average molecular weight is 545 g/mol. The minimum absolute atomic E-state index is 0.238. The number of pyridine rings is 1. The highest BCUT2D eigenvalue weighted by molar-refractivity contribution is 7.14. The van der Waals surface area contributed by atoms with Gasteiger partial charge in [0.1, 0.15) is 6.04 Å². The van der Waals surface area contributed by atoms with Crippen molar-refractivity contribution in [3.05, 3.63) is 57.3 Å². The summed E-state index contributed by atoms with van der Waals surface area (Å²) in [5.74, 6) is -0.152. The molecule has 1 atom stereocenters. The number of methoxy groups -OCH3 is 1. The fourth-order valence-electron chi connectivity index (χ4n) is 4.58. The number of carbonyl (C=O) groups excluding carboxylic acids is 2. The Morgan fingerprint density at radius 1 is 1.24 bits per heavy atom. The summed E-state index contributed by atoms with van der Waals surface area (Å²) in [7, 11) is 3.53. The van der Waals surface area contributed by atoms with Crippen molar-refractivity contribution in [1.29, 1.82) is 0 Å². The summed E-state index contributed by atoms with van der Waals surface area (Å²) in [6.07, 6.45) is 9.67. The van der Waals surface area contributed by atoms with E-state index < -0.39 is 6.04 Å². The maximum Gasteiger partial charge on any atom is 0.262 e. The molecule has 9 nitrogen and oxygen atoms in total. The van der Waals surface area contributed by atoms with Crippen molar-refractivity contribution in [3.63, 3.8) is 0 Å². The van der Waals surface area contributed by atoms with Crippen LogP contribution in [-0.4, -0.2) is 45.8 Å². The van der Waals surface area contributed by atoms with E-state index in [0.29, 0.717) is 34.5 Å². The molecule has 0 aromatic carbocycles. The molecule has 0 spiro atoms. The van der Waals surface area contributed by atoms with Crippen LogP contribution in [0.15, 0.2) is 36.8 Å². The minimum atomic E-state index is -0.652. The molecule has 4 rings (SSSR count).